The van der Waals surface area contributed by atoms with E-state index in [-0.39, 0.29) is 11.6 Å². The number of hydrogen-bond donors (Lipinski definition) is 1. The molecular formula is C21H22N8O. The van der Waals surface area contributed by atoms with E-state index in [4.69, 9.17) is 0 Å². The standard InChI is InChI=1S/C21H22N8O/c1-14-24-25-20-10-9-19(27-28(14)20)23-16-4-6-17(7-5-16)29-21(30)11-8-18(26-29)15-3-2-12-22-13-15/h2-3,8-13,16-17H,4-7H2,1H3,(H,23,27). The molecule has 4 aromatic rings. The van der Waals surface area contributed by atoms with Gasteiger partial charge in [0.15, 0.2) is 11.5 Å². The van der Waals surface area contributed by atoms with Gasteiger partial charge in [-0.05, 0) is 62.9 Å². The van der Waals surface area contributed by atoms with E-state index in [1.165, 1.54) is 0 Å². The van der Waals surface area contributed by atoms with E-state index in [9.17, 15) is 4.79 Å². The summed E-state index contributed by atoms with van der Waals surface area (Å²) in [6.45, 7) is 1.88. The second-order valence-electron chi connectivity index (χ2n) is 7.63. The fourth-order valence-electron chi connectivity index (χ4n) is 4.00. The number of anilines is 1. The van der Waals surface area contributed by atoms with Gasteiger partial charge in [-0.3, -0.25) is 9.78 Å². The van der Waals surface area contributed by atoms with Crippen LogP contribution in [0.4, 0.5) is 5.82 Å². The number of hydrogen-bond acceptors (Lipinski definition) is 7. The number of rotatable bonds is 4. The van der Waals surface area contributed by atoms with Gasteiger partial charge >= 0.3 is 0 Å². The first-order chi connectivity index (χ1) is 14.7. The normalized spacial score (nSPS) is 19.1. The van der Waals surface area contributed by atoms with Crippen molar-refractivity contribution < 1.29 is 0 Å². The third-order valence-electron chi connectivity index (χ3n) is 5.60. The fraction of sp³-hybridized carbons (Fsp3) is 0.333. The Kier molecular flexibility index (Phi) is 4.70. The lowest BCUT2D eigenvalue weighted by Crippen LogP contribution is -2.33. The summed E-state index contributed by atoms with van der Waals surface area (Å²) in [4.78, 5) is 16.6. The highest BCUT2D eigenvalue weighted by atomic mass is 16.1. The molecular weight excluding hydrogens is 380 g/mol. The molecule has 4 heterocycles. The molecule has 0 bridgehead atoms. The van der Waals surface area contributed by atoms with E-state index in [2.05, 4.69) is 30.7 Å². The number of pyridine rings is 1. The van der Waals surface area contributed by atoms with Crippen molar-refractivity contribution >= 4 is 11.5 Å². The van der Waals surface area contributed by atoms with Crippen molar-refractivity contribution in [3.63, 3.8) is 0 Å². The van der Waals surface area contributed by atoms with Crippen molar-refractivity contribution in [1.82, 2.24) is 34.6 Å². The summed E-state index contributed by atoms with van der Waals surface area (Å²) in [5.41, 5.74) is 2.35. The number of fused-ring (bicyclic) bond motifs is 1. The monoisotopic (exact) mass is 402 g/mol. The molecule has 9 heteroatoms. The van der Waals surface area contributed by atoms with Crippen LogP contribution >= 0.6 is 0 Å². The summed E-state index contributed by atoms with van der Waals surface area (Å²) in [6.07, 6.45) is 7.14. The van der Waals surface area contributed by atoms with E-state index in [1.54, 1.807) is 33.7 Å². The lowest BCUT2D eigenvalue weighted by atomic mass is 9.91. The summed E-state index contributed by atoms with van der Waals surface area (Å²) in [6, 6.07) is 11.4. The first-order valence-electron chi connectivity index (χ1n) is 10.1. The second-order valence-corrected chi connectivity index (χ2v) is 7.63. The third-order valence-corrected chi connectivity index (χ3v) is 5.60. The molecule has 0 atom stereocenters. The molecule has 1 aliphatic carbocycles. The fourth-order valence-corrected chi connectivity index (χ4v) is 4.00. The number of aryl methyl sites for hydroxylation is 1. The molecule has 5 rings (SSSR count). The molecule has 1 N–H and O–H groups in total. The lowest BCUT2D eigenvalue weighted by molar-refractivity contribution is 0.304. The van der Waals surface area contributed by atoms with Crippen LogP contribution in [-0.4, -0.2) is 40.6 Å². The predicted octanol–water partition coefficient (Wildman–Crippen LogP) is 2.65. The number of nitrogens with zero attached hydrogens (tertiary/aromatic N) is 7. The Hall–Kier alpha value is -3.62. The van der Waals surface area contributed by atoms with Gasteiger partial charge in [0, 0.05) is 30.1 Å². The van der Waals surface area contributed by atoms with Crippen LogP contribution in [0.15, 0.2) is 53.6 Å². The summed E-state index contributed by atoms with van der Waals surface area (Å²) in [5, 5.41) is 20.8. The first kappa shape index (κ1) is 18.4. The molecule has 9 nitrogen and oxygen atoms in total. The van der Waals surface area contributed by atoms with Crippen LogP contribution < -0.4 is 10.9 Å². The van der Waals surface area contributed by atoms with Crippen molar-refractivity contribution in [3.8, 4) is 11.3 Å². The molecule has 0 aromatic carbocycles. The summed E-state index contributed by atoms with van der Waals surface area (Å²) < 4.78 is 3.38. The zero-order valence-electron chi connectivity index (χ0n) is 16.6. The SMILES string of the molecule is Cc1nnc2ccc(NC3CCC(n4nc(-c5cccnc5)ccc4=O)CC3)nn12. The Labute approximate surface area is 172 Å². The highest BCUT2D eigenvalue weighted by Gasteiger charge is 2.24. The topological polar surface area (TPSA) is 103 Å². The lowest BCUT2D eigenvalue weighted by Gasteiger charge is -2.30. The third kappa shape index (κ3) is 3.54. The molecule has 30 heavy (non-hydrogen) atoms. The minimum atomic E-state index is -0.0609. The van der Waals surface area contributed by atoms with Crippen molar-refractivity contribution in [3.05, 3.63) is 65.0 Å². The largest absolute Gasteiger partial charge is 0.366 e. The summed E-state index contributed by atoms with van der Waals surface area (Å²) >= 11 is 0. The van der Waals surface area contributed by atoms with Crippen molar-refractivity contribution in [2.45, 2.75) is 44.7 Å². The van der Waals surface area contributed by atoms with Crippen LogP contribution in [0, 0.1) is 6.92 Å². The molecule has 0 radical (unpaired) electrons. The Morgan fingerprint density at radius 1 is 1.00 bits per heavy atom. The van der Waals surface area contributed by atoms with E-state index < -0.39 is 0 Å². The van der Waals surface area contributed by atoms with Gasteiger partial charge in [0.1, 0.15) is 5.82 Å². The van der Waals surface area contributed by atoms with Crippen molar-refractivity contribution in [2.24, 2.45) is 0 Å². The maximum absolute atomic E-state index is 12.5. The number of aromatic nitrogens is 7. The van der Waals surface area contributed by atoms with Gasteiger partial charge in [0.05, 0.1) is 11.7 Å². The highest BCUT2D eigenvalue weighted by molar-refractivity contribution is 5.56. The first-order valence-corrected chi connectivity index (χ1v) is 10.1. The summed E-state index contributed by atoms with van der Waals surface area (Å²) in [7, 11) is 0. The van der Waals surface area contributed by atoms with Crippen LogP contribution in [0.25, 0.3) is 16.9 Å². The molecule has 0 spiro atoms. The Morgan fingerprint density at radius 2 is 1.87 bits per heavy atom. The minimum absolute atomic E-state index is 0.0609. The number of nitrogens with one attached hydrogen (secondary N) is 1. The van der Waals surface area contributed by atoms with Crippen molar-refractivity contribution in [2.75, 3.05) is 5.32 Å². The molecule has 1 aliphatic rings. The smallest absolute Gasteiger partial charge is 0.267 e. The maximum atomic E-state index is 12.5. The van der Waals surface area contributed by atoms with Crippen LogP contribution in [0.3, 0.4) is 0 Å². The van der Waals surface area contributed by atoms with Crippen molar-refractivity contribution in [1.29, 1.82) is 0 Å². The van der Waals surface area contributed by atoms with Crippen LogP contribution in [0.2, 0.25) is 0 Å². The van der Waals surface area contributed by atoms with Gasteiger partial charge in [-0.15, -0.1) is 15.3 Å². The van der Waals surface area contributed by atoms with Gasteiger partial charge in [0.2, 0.25) is 0 Å². The molecule has 0 aliphatic heterocycles. The average Bonchev–Trinajstić information content (AvgIpc) is 3.16. The van der Waals surface area contributed by atoms with E-state index in [1.807, 2.05) is 31.2 Å². The van der Waals surface area contributed by atoms with Gasteiger partial charge < -0.3 is 5.32 Å². The molecule has 152 valence electrons. The minimum Gasteiger partial charge on any atom is -0.366 e. The molecule has 1 saturated carbocycles. The van der Waals surface area contributed by atoms with Crippen LogP contribution in [-0.2, 0) is 0 Å². The zero-order chi connectivity index (χ0) is 20.5. The molecule has 0 amide bonds. The predicted molar refractivity (Wildman–Crippen MR) is 112 cm³/mol. The summed E-state index contributed by atoms with van der Waals surface area (Å²) in [5.74, 6) is 1.57. The van der Waals surface area contributed by atoms with E-state index in [0.717, 1.165) is 54.2 Å². The van der Waals surface area contributed by atoms with Crippen LogP contribution in [0.1, 0.15) is 37.5 Å². The Balaban J connectivity index is 1.28. The zero-order valence-corrected chi connectivity index (χ0v) is 16.6. The van der Waals surface area contributed by atoms with Gasteiger partial charge in [-0.25, -0.2) is 4.68 Å². The van der Waals surface area contributed by atoms with Gasteiger partial charge in [0.25, 0.3) is 5.56 Å². The van der Waals surface area contributed by atoms with E-state index in [0.29, 0.717) is 6.04 Å². The molecule has 1 fully saturated rings. The average molecular weight is 402 g/mol. The Bertz CT molecular complexity index is 1220. The maximum Gasteiger partial charge on any atom is 0.267 e. The molecule has 0 saturated heterocycles. The second kappa shape index (κ2) is 7.66. The molecule has 0 unspecified atom stereocenters. The van der Waals surface area contributed by atoms with Gasteiger partial charge in [-0.1, -0.05) is 0 Å². The quantitative estimate of drug-likeness (QED) is 0.560. The van der Waals surface area contributed by atoms with Gasteiger partial charge in [-0.2, -0.15) is 9.61 Å². The molecule has 4 aromatic heterocycles. The highest BCUT2D eigenvalue weighted by Crippen LogP contribution is 2.29. The van der Waals surface area contributed by atoms with Crippen LogP contribution in [0.5, 0.6) is 0 Å². The van der Waals surface area contributed by atoms with E-state index >= 15 is 0 Å². The Morgan fingerprint density at radius 3 is 2.67 bits per heavy atom.